The third-order valence-electron chi connectivity index (χ3n) is 10.8. The Labute approximate surface area is 242 Å². The van der Waals surface area contributed by atoms with Crippen LogP contribution in [0.5, 0.6) is 0 Å². The van der Waals surface area contributed by atoms with Crippen LogP contribution in [-0.2, 0) is 6.54 Å². The Morgan fingerprint density at radius 3 is 2.86 bits per heavy atom. The highest BCUT2D eigenvalue weighted by atomic mass is 16.2. The number of benzene rings is 1. The number of rotatable bonds is 5. The van der Waals surface area contributed by atoms with Gasteiger partial charge in [-0.15, -0.1) is 0 Å². The maximum absolute atomic E-state index is 13.6. The second kappa shape index (κ2) is 8.09. The molecule has 5 aromatic heterocycles. The van der Waals surface area contributed by atoms with Crippen LogP contribution in [0.25, 0.3) is 50.1 Å². The number of carbonyl (C=O) groups excluding carboxylic acids is 1. The minimum atomic E-state index is 0.164. The molecule has 1 saturated heterocycles. The molecular formula is C34H31N7O. The quantitative estimate of drug-likeness (QED) is 0.280. The molecule has 8 nitrogen and oxygen atoms in total. The van der Waals surface area contributed by atoms with Gasteiger partial charge in [0.05, 0.1) is 34.2 Å². The van der Waals surface area contributed by atoms with Crippen molar-refractivity contribution in [3.05, 3.63) is 72.1 Å². The molecule has 6 aromatic rings. The highest BCUT2D eigenvalue weighted by Crippen LogP contribution is 2.60. The van der Waals surface area contributed by atoms with E-state index in [1.54, 1.807) is 0 Å². The Balaban J connectivity index is 1.07. The minimum Gasteiger partial charge on any atom is -0.335 e. The van der Waals surface area contributed by atoms with Gasteiger partial charge in [0.2, 0.25) is 0 Å². The molecule has 4 fully saturated rings. The van der Waals surface area contributed by atoms with Gasteiger partial charge in [0.1, 0.15) is 11.3 Å². The first-order valence-electron chi connectivity index (χ1n) is 15.3. The van der Waals surface area contributed by atoms with E-state index in [4.69, 9.17) is 10.1 Å². The van der Waals surface area contributed by atoms with E-state index in [1.807, 2.05) is 35.1 Å². The van der Waals surface area contributed by atoms with Gasteiger partial charge in [0, 0.05) is 47.2 Å². The minimum absolute atomic E-state index is 0.164. The number of nitrogens with one attached hydrogen (secondary N) is 1. The van der Waals surface area contributed by atoms with Crippen molar-refractivity contribution in [3.8, 4) is 22.6 Å². The lowest BCUT2D eigenvalue weighted by Crippen LogP contribution is -2.53. The predicted octanol–water partition coefficient (Wildman–Crippen LogP) is 6.09. The number of hydrogen-bond acceptors (Lipinski definition) is 4. The number of aromatic nitrogens is 6. The van der Waals surface area contributed by atoms with Gasteiger partial charge in [-0.2, -0.15) is 10.2 Å². The van der Waals surface area contributed by atoms with Gasteiger partial charge < -0.3 is 9.47 Å². The number of likely N-dealkylation sites (tertiary alicyclic amines) is 1. The van der Waals surface area contributed by atoms with Crippen LogP contribution in [-0.4, -0.2) is 52.8 Å². The third kappa shape index (κ3) is 3.12. The molecule has 3 saturated carbocycles. The van der Waals surface area contributed by atoms with Crippen molar-refractivity contribution in [1.29, 1.82) is 0 Å². The fraction of sp³-hybridized carbons (Fsp3) is 0.353. The van der Waals surface area contributed by atoms with Gasteiger partial charge >= 0.3 is 0 Å². The van der Waals surface area contributed by atoms with Crippen molar-refractivity contribution in [2.24, 2.45) is 23.7 Å². The van der Waals surface area contributed by atoms with Crippen molar-refractivity contribution in [3.63, 3.8) is 0 Å². The SMILES string of the molecule is Cc1c(-c2cc3ccc(-c4cccc5[nH]ncc45)nc3n2CC2CC2)nn2cc(C(=O)N3CC4CC5CC3[C@H]54)ccc12. The largest absolute Gasteiger partial charge is 0.335 e. The predicted molar refractivity (Wildman–Crippen MR) is 161 cm³/mol. The molecule has 0 spiro atoms. The average molecular weight is 554 g/mol. The molecule has 3 aliphatic carbocycles. The number of fused-ring (bicyclic) bond motifs is 3. The number of H-pyrrole nitrogens is 1. The Morgan fingerprint density at radius 2 is 2.00 bits per heavy atom. The summed E-state index contributed by atoms with van der Waals surface area (Å²) in [6, 6.07) is 17.3. The van der Waals surface area contributed by atoms with Gasteiger partial charge in [0.25, 0.3) is 5.91 Å². The number of hydrogen-bond donors (Lipinski definition) is 1. The topological polar surface area (TPSA) is 84.1 Å². The van der Waals surface area contributed by atoms with Gasteiger partial charge in [-0.1, -0.05) is 12.1 Å². The molecule has 1 amide bonds. The summed E-state index contributed by atoms with van der Waals surface area (Å²) in [7, 11) is 0. The molecule has 0 radical (unpaired) electrons. The fourth-order valence-corrected chi connectivity index (χ4v) is 8.32. The normalized spacial score (nSPS) is 24.4. The van der Waals surface area contributed by atoms with Gasteiger partial charge in [-0.25, -0.2) is 9.50 Å². The molecule has 4 aliphatic rings. The molecule has 208 valence electrons. The van der Waals surface area contributed by atoms with Crippen molar-refractivity contribution < 1.29 is 4.79 Å². The second-order valence-electron chi connectivity index (χ2n) is 13.1. The Hall–Kier alpha value is -4.46. The number of aromatic amines is 1. The van der Waals surface area contributed by atoms with Crippen molar-refractivity contribution in [2.75, 3.05) is 6.54 Å². The van der Waals surface area contributed by atoms with E-state index < -0.39 is 0 Å². The first-order chi connectivity index (χ1) is 20.6. The lowest BCUT2D eigenvalue weighted by molar-refractivity contribution is -0.0204. The van der Waals surface area contributed by atoms with E-state index in [0.29, 0.717) is 12.0 Å². The monoisotopic (exact) mass is 553 g/mol. The highest BCUT2D eigenvalue weighted by Gasteiger charge is 2.61. The third-order valence-corrected chi connectivity index (χ3v) is 10.8. The van der Waals surface area contributed by atoms with E-state index >= 15 is 0 Å². The number of amides is 1. The first kappa shape index (κ1) is 23.1. The average Bonchev–Trinajstić information content (AvgIpc) is 3.41. The van der Waals surface area contributed by atoms with Crippen LogP contribution in [0.3, 0.4) is 0 Å². The number of carbonyl (C=O) groups is 1. The smallest absolute Gasteiger partial charge is 0.255 e. The van der Waals surface area contributed by atoms with E-state index in [0.717, 1.165) is 92.1 Å². The molecular weight excluding hydrogens is 522 g/mol. The van der Waals surface area contributed by atoms with Gasteiger partial charge in [-0.05, 0) is 92.7 Å². The highest BCUT2D eigenvalue weighted by molar-refractivity contribution is 5.96. The van der Waals surface area contributed by atoms with E-state index in [-0.39, 0.29) is 5.91 Å². The summed E-state index contributed by atoms with van der Waals surface area (Å²) in [5, 5.41) is 14.6. The summed E-state index contributed by atoms with van der Waals surface area (Å²) in [5.74, 6) is 3.22. The molecule has 8 heteroatoms. The van der Waals surface area contributed by atoms with Crippen LogP contribution < -0.4 is 0 Å². The van der Waals surface area contributed by atoms with Crippen molar-refractivity contribution in [2.45, 2.75) is 45.2 Å². The maximum Gasteiger partial charge on any atom is 0.255 e. The van der Waals surface area contributed by atoms with Crippen LogP contribution in [0.2, 0.25) is 0 Å². The zero-order valence-electron chi connectivity index (χ0n) is 23.5. The van der Waals surface area contributed by atoms with E-state index in [9.17, 15) is 4.79 Å². The molecule has 10 rings (SSSR count). The zero-order chi connectivity index (χ0) is 27.7. The lowest BCUT2D eigenvalue weighted by Gasteiger charge is -2.52. The lowest BCUT2D eigenvalue weighted by atomic mass is 9.53. The summed E-state index contributed by atoms with van der Waals surface area (Å²) in [4.78, 5) is 21.0. The summed E-state index contributed by atoms with van der Waals surface area (Å²) in [6.45, 7) is 4.00. The standard InChI is InChI=1S/C34H31N7O/c1-18-28-10-8-21(34(42)40-16-23-11-22-13-29(40)31(22)23)17-41(28)38-32(18)30-12-20-7-9-26(36-33(20)39(30)15-19-5-6-19)24-3-2-4-27-25(24)14-35-37-27/h2-4,7-10,12,14,17,19,22-23,29,31H,5-6,11,13,15-16H2,1H3,(H,35,37)/t22?,23?,29?,31-/m1/s1. The fourth-order valence-electron chi connectivity index (χ4n) is 8.32. The first-order valence-corrected chi connectivity index (χ1v) is 15.3. The number of nitrogens with zero attached hydrogens (tertiary/aromatic N) is 6. The summed E-state index contributed by atoms with van der Waals surface area (Å²) in [6.07, 6.45) is 8.83. The van der Waals surface area contributed by atoms with Crippen LogP contribution in [0.1, 0.15) is 41.6 Å². The Bertz CT molecular complexity index is 2100. The Morgan fingerprint density at radius 1 is 1.07 bits per heavy atom. The van der Waals surface area contributed by atoms with Crippen LogP contribution in [0.15, 0.2) is 60.9 Å². The molecule has 3 unspecified atom stereocenters. The van der Waals surface area contributed by atoms with Crippen LogP contribution >= 0.6 is 0 Å². The number of pyridine rings is 2. The van der Waals surface area contributed by atoms with Gasteiger partial charge in [-0.3, -0.25) is 9.89 Å². The molecule has 42 heavy (non-hydrogen) atoms. The van der Waals surface area contributed by atoms with Crippen LogP contribution in [0.4, 0.5) is 0 Å². The van der Waals surface area contributed by atoms with E-state index in [2.05, 4.69) is 56.9 Å². The Kier molecular flexibility index (Phi) is 4.46. The maximum atomic E-state index is 13.6. The van der Waals surface area contributed by atoms with Crippen molar-refractivity contribution in [1.82, 2.24) is 34.3 Å². The number of aryl methyl sites for hydroxylation is 1. The molecule has 0 bridgehead atoms. The van der Waals surface area contributed by atoms with E-state index in [1.165, 1.54) is 25.7 Å². The summed E-state index contributed by atoms with van der Waals surface area (Å²) >= 11 is 0. The van der Waals surface area contributed by atoms with Gasteiger partial charge in [0.15, 0.2) is 0 Å². The molecule has 4 atom stereocenters. The molecule has 6 heterocycles. The zero-order valence-corrected chi connectivity index (χ0v) is 23.5. The summed E-state index contributed by atoms with van der Waals surface area (Å²) < 4.78 is 4.30. The molecule has 1 aromatic carbocycles. The molecule has 1 aliphatic heterocycles. The molecule has 1 N–H and O–H groups in total. The van der Waals surface area contributed by atoms with Crippen LogP contribution in [0, 0.1) is 30.6 Å². The van der Waals surface area contributed by atoms with Crippen molar-refractivity contribution >= 4 is 33.4 Å². The summed E-state index contributed by atoms with van der Waals surface area (Å²) in [5.41, 5.74) is 8.97. The second-order valence-corrected chi connectivity index (χ2v) is 13.1.